The fraction of sp³-hybridized carbons (Fsp3) is 0.889. The molecule has 0 amide bonds. The molecular formula is C9H17NO5S. The van der Waals surface area contributed by atoms with E-state index in [1.54, 1.807) is 0 Å². The molecule has 0 bridgehead atoms. The molecule has 1 aliphatic heterocycles. The lowest BCUT2D eigenvalue weighted by Gasteiger charge is -2.28. The molecular weight excluding hydrogens is 234 g/mol. The third-order valence-electron chi connectivity index (χ3n) is 2.61. The van der Waals surface area contributed by atoms with Crippen LogP contribution in [0.3, 0.4) is 0 Å². The number of nitrogens with zero attached hydrogens (tertiary/aromatic N) is 1. The third kappa shape index (κ3) is 3.73. The minimum absolute atomic E-state index is 0.127. The summed E-state index contributed by atoms with van der Waals surface area (Å²) in [4.78, 5) is 10.8. The van der Waals surface area contributed by atoms with Gasteiger partial charge in [-0.05, 0) is 12.8 Å². The normalized spacial score (nSPS) is 19.6. The zero-order valence-corrected chi connectivity index (χ0v) is 10.1. The van der Waals surface area contributed by atoms with Gasteiger partial charge in [0.1, 0.15) is 0 Å². The summed E-state index contributed by atoms with van der Waals surface area (Å²) in [7, 11) is -2.16. The zero-order chi connectivity index (χ0) is 12.2. The molecule has 1 fully saturated rings. The molecule has 0 radical (unpaired) electrons. The van der Waals surface area contributed by atoms with Crippen molar-refractivity contribution in [1.82, 2.24) is 4.31 Å². The monoisotopic (exact) mass is 251 g/mol. The van der Waals surface area contributed by atoms with Gasteiger partial charge < -0.3 is 9.84 Å². The molecule has 1 N–H and O–H groups in total. The smallest absolute Gasteiger partial charge is 0.306 e. The van der Waals surface area contributed by atoms with E-state index < -0.39 is 22.1 Å². The van der Waals surface area contributed by atoms with Gasteiger partial charge in [0.05, 0.1) is 25.4 Å². The van der Waals surface area contributed by atoms with Crippen molar-refractivity contribution in [1.29, 1.82) is 0 Å². The van der Waals surface area contributed by atoms with Crippen LogP contribution in [0.5, 0.6) is 0 Å². The van der Waals surface area contributed by atoms with E-state index in [0.29, 0.717) is 25.9 Å². The molecule has 0 aromatic rings. The molecule has 94 valence electrons. The Morgan fingerprint density at radius 3 is 2.50 bits per heavy atom. The quantitative estimate of drug-likeness (QED) is 0.670. The summed E-state index contributed by atoms with van der Waals surface area (Å²) >= 11 is 0. The number of hydrogen-bond acceptors (Lipinski definition) is 5. The van der Waals surface area contributed by atoms with E-state index in [2.05, 4.69) is 4.74 Å². The van der Waals surface area contributed by atoms with Crippen LogP contribution in [0.25, 0.3) is 0 Å². The van der Waals surface area contributed by atoms with Crippen LogP contribution in [0.4, 0.5) is 0 Å². The Balaban J connectivity index is 2.47. The van der Waals surface area contributed by atoms with Gasteiger partial charge in [-0.25, -0.2) is 12.7 Å². The Morgan fingerprint density at radius 2 is 2.00 bits per heavy atom. The SMILES string of the molecule is COC(=O)CCS(=O)(=O)N1CCC(O)CC1. The maximum Gasteiger partial charge on any atom is 0.306 e. The van der Waals surface area contributed by atoms with E-state index in [9.17, 15) is 18.3 Å². The molecule has 0 aliphatic carbocycles. The van der Waals surface area contributed by atoms with Crippen LogP contribution in [0, 0.1) is 0 Å². The fourth-order valence-electron chi connectivity index (χ4n) is 1.56. The molecule has 16 heavy (non-hydrogen) atoms. The molecule has 0 unspecified atom stereocenters. The number of sulfonamides is 1. The minimum Gasteiger partial charge on any atom is -0.469 e. The lowest BCUT2D eigenvalue weighted by Crippen LogP contribution is -2.41. The molecule has 7 heteroatoms. The van der Waals surface area contributed by atoms with E-state index >= 15 is 0 Å². The van der Waals surface area contributed by atoms with E-state index in [1.807, 2.05) is 0 Å². The van der Waals surface area contributed by atoms with Gasteiger partial charge in [-0.15, -0.1) is 0 Å². The van der Waals surface area contributed by atoms with E-state index in [4.69, 9.17) is 0 Å². The molecule has 0 saturated carbocycles. The van der Waals surface area contributed by atoms with Gasteiger partial charge in [0, 0.05) is 13.1 Å². The predicted octanol–water partition coefficient (Wildman–Crippen LogP) is -0.664. The Labute approximate surface area is 95.2 Å². The van der Waals surface area contributed by atoms with Gasteiger partial charge in [0.2, 0.25) is 10.0 Å². The summed E-state index contributed by atoms with van der Waals surface area (Å²) in [6, 6.07) is 0. The first-order valence-corrected chi connectivity index (χ1v) is 6.79. The highest BCUT2D eigenvalue weighted by Crippen LogP contribution is 2.14. The standard InChI is InChI=1S/C9H17NO5S/c1-15-9(12)4-7-16(13,14)10-5-2-8(11)3-6-10/h8,11H,2-7H2,1H3. The van der Waals surface area contributed by atoms with E-state index in [0.717, 1.165) is 0 Å². The van der Waals surface area contributed by atoms with Crippen LogP contribution in [-0.2, 0) is 19.6 Å². The molecule has 0 spiro atoms. The fourth-order valence-corrected chi connectivity index (χ4v) is 3.01. The maximum atomic E-state index is 11.7. The summed E-state index contributed by atoms with van der Waals surface area (Å²) in [5.41, 5.74) is 0. The Kier molecular flexibility index (Phi) is 4.69. The van der Waals surface area contributed by atoms with Gasteiger partial charge in [-0.2, -0.15) is 0 Å². The second-order valence-electron chi connectivity index (χ2n) is 3.77. The van der Waals surface area contributed by atoms with Crippen LogP contribution >= 0.6 is 0 Å². The number of methoxy groups -OCH3 is 1. The average Bonchev–Trinajstić information content (AvgIpc) is 2.26. The number of piperidine rings is 1. The predicted molar refractivity (Wildman–Crippen MR) is 57.2 cm³/mol. The summed E-state index contributed by atoms with van der Waals surface area (Å²) in [5.74, 6) is -0.754. The number of rotatable bonds is 4. The van der Waals surface area contributed by atoms with Crippen molar-refractivity contribution in [3.63, 3.8) is 0 Å². The van der Waals surface area contributed by atoms with E-state index in [1.165, 1.54) is 11.4 Å². The van der Waals surface area contributed by atoms with Crippen molar-refractivity contribution in [2.24, 2.45) is 0 Å². The summed E-state index contributed by atoms with van der Waals surface area (Å²) in [6.07, 6.45) is 0.374. The third-order valence-corrected chi connectivity index (χ3v) is 4.48. The molecule has 6 nitrogen and oxygen atoms in total. The molecule has 0 aromatic carbocycles. The van der Waals surface area contributed by atoms with Crippen molar-refractivity contribution in [3.05, 3.63) is 0 Å². The van der Waals surface area contributed by atoms with Crippen LogP contribution in [0.1, 0.15) is 19.3 Å². The summed E-state index contributed by atoms with van der Waals surface area (Å²) < 4.78 is 29.2. The number of carbonyl (C=O) groups excluding carboxylic acids is 1. The van der Waals surface area contributed by atoms with Crippen molar-refractivity contribution < 1.29 is 23.1 Å². The Morgan fingerprint density at radius 1 is 1.44 bits per heavy atom. The largest absolute Gasteiger partial charge is 0.469 e. The van der Waals surface area contributed by atoms with Gasteiger partial charge >= 0.3 is 5.97 Å². The first-order chi connectivity index (χ1) is 7.45. The number of aliphatic hydroxyl groups is 1. The van der Waals surface area contributed by atoms with Gasteiger partial charge in [-0.3, -0.25) is 4.79 Å². The zero-order valence-electron chi connectivity index (χ0n) is 9.26. The highest BCUT2D eigenvalue weighted by molar-refractivity contribution is 7.89. The van der Waals surface area contributed by atoms with Gasteiger partial charge in [0.25, 0.3) is 0 Å². The number of esters is 1. The summed E-state index contributed by atoms with van der Waals surface area (Å²) in [6.45, 7) is 0.648. The molecule has 1 heterocycles. The van der Waals surface area contributed by atoms with Crippen LogP contribution in [0.15, 0.2) is 0 Å². The maximum absolute atomic E-state index is 11.7. The second kappa shape index (κ2) is 5.60. The van der Waals surface area contributed by atoms with Crippen molar-refractivity contribution >= 4 is 16.0 Å². The topological polar surface area (TPSA) is 83.9 Å². The van der Waals surface area contributed by atoms with Crippen LogP contribution in [-0.4, -0.2) is 55.9 Å². The number of carbonyl (C=O) groups is 1. The number of ether oxygens (including phenoxy) is 1. The van der Waals surface area contributed by atoms with Crippen molar-refractivity contribution in [2.75, 3.05) is 26.0 Å². The van der Waals surface area contributed by atoms with E-state index in [-0.39, 0.29) is 12.2 Å². The lowest BCUT2D eigenvalue weighted by atomic mass is 10.1. The first kappa shape index (κ1) is 13.4. The second-order valence-corrected chi connectivity index (χ2v) is 5.86. The summed E-state index contributed by atoms with van der Waals surface area (Å²) in [5, 5.41) is 9.25. The molecule has 0 aromatic heterocycles. The number of aliphatic hydroxyl groups excluding tert-OH is 1. The van der Waals surface area contributed by atoms with Crippen LogP contribution < -0.4 is 0 Å². The highest BCUT2D eigenvalue weighted by Gasteiger charge is 2.27. The lowest BCUT2D eigenvalue weighted by molar-refractivity contribution is -0.140. The van der Waals surface area contributed by atoms with Gasteiger partial charge in [0.15, 0.2) is 0 Å². The molecule has 1 rings (SSSR count). The van der Waals surface area contributed by atoms with Crippen molar-refractivity contribution in [3.8, 4) is 0 Å². The van der Waals surface area contributed by atoms with Crippen LogP contribution in [0.2, 0.25) is 0 Å². The molecule has 1 aliphatic rings. The first-order valence-electron chi connectivity index (χ1n) is 5.18. The average molecular weight is 251 g/mol. The number of hydrogen-bond donors (Lipinski definition) is 1. The van der Waals surface area contributed by atoms with Gasteiger partial charge in [-0.1, -0.05) is 0 Å². The Bertz CT molecular complexity index is 332. The molecule has 1 saturated heterocycles. The Hall–Kier alpha value is -0.660. The van der Waals surface area contributed by atoms with Crippen molar-refractivity contribution in [2.45, 2.75) is 25.4 Å². The molecule has 0 atom stereocenters. The minimum atomic E-state index is -3.39. The highest BCUT2D eigenvalue weighted by atomic mass is 32.2.